The van der Waals surface area contributed by atoms with Gasteiger partial charge >= 0.3 is 6.09 Å². The summed E-state index contributed by atoms with van der Waals surface area (Å²) in [6.45, 7) is 0.0458. The lowest BCUT2D eigenvalue weighted by Gasteiger charge is -2.29. The molecule has 2 unspecified atom stereocenters. The van der Waals surface area contributed by atoms with Gasteiger partial charge in [0.1, 0.15) is 6.10 Å². The Labute approximate surface area is 114 Å². The number of nitrogens with one attached hydrogen (secondary N) is 1. The number of allylic oxidation sites excluding steroid dienone is 2. The molecule has 9 nitrogen and oxygen atoms in total. The first-order chi connectivity index (χ1) is 9.25. The normalized spacial score (nSPS) is 32.8. The van der Waals surface area contributed by atoms with E-state index in [1.54, 1.807) is 0 Å². The van der Waals surface area contributed by atoms with Gasteiger partial charge in [-0.15, -0.1) is 0 Å². The maximum absolute atomic E-state index is 11.4. The van der Waals surface area contributed by atoms with Crippen LogP contribution in [0.3, 0.4) is 0 Å². The van der Waals surface area contributed by atoms with Crippen LogP contribution >= 0.6 is 0 Å². The molecule has 10 heteroatoms. The van der Waals surface area contributed by atoms with Gasteiger partial charge in [0.15, 0.2) is 5.25 Å². The maximum atomic E-state index is 11.4. The SMILES string of the molecule is O=C1NC[C@@H](CC2([N+](=O)[O-])C=CC=CC2S(=O)(=O)O)O1. The fraction of sp³-hybridized carbons (Fsp3) is 0.500. The molecule has 1 heterocycles. The topological polar surface area (TPSA) is 136 Å². The van der Waals surface area contributed by atoms with Crippen molar-refractivity contribution in [1.29, 1.82) is 0 Å². The minimum Gasteiger partial charge on any atom is -0.444 e. The Balaban J connectivity index is 2.37. The van der Waals surface area contributed by atoms with Crippen molar-refractivity contribution in [3.8, 4) is 0 Å². The Hall–Kier alpha value is -1.94. The molecular formula is C10H12N2O7S. The number of carbonyl (C=O) groups excluding carboxylic acids is 1. The minimum atomic E-state index is -4.67. The number of hydrogen-bond acceptors (Lipinski definition) is 6. The molecule has 0 spiro atoms. The molecule has 0 radical (unpaired) electrons. The third kappa shape index (κ3) is 2.51. The lowest BCUT2D eigenvalue weighted by atomic mass is 9.85. The molecule has 1 fully saturated rings. The Morgan fingerprint density at radius 3 is 2.75 bits per heavy atom. The summed E-state index contributed by atoms with van der Waals surface area (Å²) in [4.78, 5) is 21.6. The molecule has 3 atom stereocenters. The fourth-order valence-electron chi connectivity index (χ4n) is 2.34. The Kier molecular flexibility index (Phi) is 3.52. The number of carbonyl (C=O) groups is 1. The van der Waals surface area contributed by atoms with E-state index in [0.29, 0.717) is 0 Å². The summed E-state index contributed by atoms with van der Waals surface area (Å²) in [5.41, 5.74) is -2.07. The van der Waals surface area contributed by atoms with E-state index < -0.39 is 38.0 Å². The van der Waals surface area contributed by atoms with Crippen LogP contribution in [-0.4, -0.2) is 47.4 Å². The number of nitro groups is 1. The van der Waals surface area contributed by atoms with E-state index in [0.717, 1.165) is 12.2 Å². The smallest absolute Gasteiger partial charge is 0.407 e. The second-order valence-corrected chi connectivity index (χ2v) is 6.08. The van der Waals surface area contributed by atoms with Crippen molar-refractivity contribution in [3.63, 3.8) is 0 Å². The molecule has 1 amide bonds. The predicted octanol–water partition coefficient (Wildman–Crippen LogP) is -0.117. The van der Waals surface area contributed by atoms with Crippen molar-refractivity contribution in [2.45, 2.75) is 23.3 Å². The van der Waals surface area contributed by atoms with Crippen molar-refractivity contribution in [2.24, 2.45) is 0 Å². The fourth-order valence-corrected chi connectivity index (χ4v) is 3.41. The van der Waals surface area contributed by atoms with Gasteiger partial charge in [-0.2, -0.15) is 8.42 Å². The first-order valence-electron chi connectivity index (χ1n) is 5.67. The average molecular weight is 304 g/mol. The Morgan fingerprint density at radius 1 is 1.55 bits per heavy atom. The summed E-state index contributed by atoms with van der Waals surface area (Å²) in [5.74, 6) is 0. The summed E-state index contributed by atoms with van der Waals surface area (Å²) >= 11 is 0. The van der Waals surface area contributed by atoms with Crippen LogP contribution in [0.2, 0.25) is 0 Å². The molecular weight excluding hydrogens is 292 g/mol. The van der Waals surface area contributed by atoms with Crippen LogP contribution in [0.1, 0.15) is 6.42 Å². The summed E-state index contributed by atoms with van der Waals surface area (Å²) in [6.07, 6.45) is 2.86. The molecule has 0 bridgehead atoms. The number of ether oxygens (including phenoxy) is 1. The van der Waals surface area contributed by atoms with Crippen LogP contribution in [-0.2, 0) is 14.9 Å². The number of alkyl carbamates (subject to hydrolysis) is 1. The van der Waals surface area contributed by atoms with Crippen LogP contribution in [0.5, 0.6) is 0 Å². The van der Waals surface area contributed by atoms with Crippen LogP contribution in [0, 0.1) is 10.1 Å². The quantitative estimate of drug-likeness (QED) is 0.420. The van der Waals surface area contributed by atoms with Gasteiger partial charge in [-0.05, 0) is 6.08 Å². The van der Waals surface area contributed by atoms with Gasteiger partial charge in [-0.3, -0.25) is 14.7 Å². The number of rotatable bonds is 4. The molecule has 0 aromatic rings. The van der Waals surface area contributed by atoms with Crippen molar-refractivity contribution >= 4 is 16.2 Å². The highest BCUT2D eigenvalue weighted by Gasteiger charge is 2.56. The van der Waals surface area contributed by atoms with Crippen LogP contribution in [0.25, 0.3) is 0 Å². The molecule has 1 aliphatic carbocycles. The van der Waals surface area contributed by atoms with Gasteiger partial charge in [0.2, 0.25) is 0 Å². The third-order valence-electron chi connectivity index (χ3n) is 3.24. The molecule has 0 saturated carbocycles. The second-order valence-electron chi connectivity index (χ2n) is 4.54. The predicted molar refractivity (Wildman–Crippen MR) is 66.2 cm³/mol. The molecule has 2 aliphatic rings. The third-order valence-corrected chi connectivity index (χ3v) is 4.44. The zero-order valence-electron chi connectivity index (χ0n) is 10.1. The van der Waals surface area contributed by atoms with Crippen LogP contribution in [0.15, 0.2) is 24.3 Å². The van der Waals surface area contributed by atoms with E-state index in [9.17, 15) is 27.9 Å². The highest BCUT2D eigenvalue weighted by atomic mass is 32.2. The van der Waals surface area contributed by atoms with E-state index in [4.69, 9.17) is 4.74 Å². The maximum Gasteiger partial charge on any atom is 0.407 e. The molecule has 2 rings (SSSR count). The van der Waals surface area contributed by atoms with Crippen LogP contribution < -0.4 is 5.32 Å². The van der Waals surface area contributed by atoms with Crippen molar-refractivity contribution < 1.29 is 27.4 Å². The van der Waals surface area contributed by atoms with Gasteiger partial charge in [-0.1, -0.05) is 18.2 Å². The number of hydrogen-bond donors (Lipinski definition) is 2. The van der Waals surface area contributed by atoms with Gasteiger partial charge in [0.05, 0.1) is 13.0 Å². The summed E-state index contributed by atoms with van der Waals surface area (Å²) in [6, 6.07) is 0. The molecule has 0 aromatic carbocycles. The zero-order chi connectivity index (χ0) is 15.0. The lowest BCUT2D eigenvalue weighted by molar-refractivity contribution is -0.555. The van der Waals surface area contributed by atoms with E-state index in [1.807, 2.05) is 0 Å². The van der Waals surface area contributed by atoms with Crippen molar-refractivity contribution in [2.75, 3.05) is 6.54 Å². The van der Waals surface area contributed by atoms with Gasteiger partial charge in [-0.25, -0.2) is 4.79 Å². The first kappa shape index (κ1) is 14.5. The Bertz CT molecular complexity index is 597. The van der Waals surface area contributed by atoms with Gasteiger partial charge in [0.25, 0.3) is 15.7 Å². The lowest BCUT2D eigenvalue weighted by Crippen LogP contribution is -2.53. The first-order valence-corrected chi connectivity index (χ1v) is 7.17. The van der Waals surface area contributed by atoms with Crippen molar-refractivity contribution in [1.82, 2.24) is 5.32 Å². The molecule has 2 N–H and O–H groups in total. The average Bonchev–Trinajstić information content (AvgIpc) is 2.73. The zero-order valence-corrected chi connectivity index (χ0v) is 10.9. The van der Waals surface area contributed by atoms with E-state index in [-0.39, 0.29) is 13.0 Å². The van der Waals surface area contributed by atoms with Gasteiger partial charge in [0, 0.05) is 4.92 Å². The minimum absolute atomic E-state index is 0.0458. The summed E-state index contributed by atoms with van der Waals surface area (Å²) in [7, 11) is -4.67. The summed E-state index contributed by atoms with van der Waals surface area (Å²) < 4.78 is 36.8. The van der Waals surface area contributed by atoms with Gasteiger partial charge < -0.3 is 10.1 Å². The van der Waals surface area contributed by atoms with E-state index in [1.165, 1.54) is 12.2 Å². The Morgan fingerprint density at radius 2 is 2.25 bits per heavy atom. The number of nitrogens with zero attached hydrogens (tertiary/aromatic N) is 1. The van der Waals surface area contributed by atoms with E-state index in [2.05, 4.69) is 5.32 Å². The van der Waals surface area contributed by atoms with Crippen molar-refractivity contribution in [3.05, 3.63) is 34.4 Å². The molecule has 1 aliphatic heterocycles. The number of cyclic esters (lactones) is 1. The second kappa shape index (κ2) is 4.87. The molecule has 110 valence electrons. The van der Waals surface area contributed by atoms with E-state index >= 15 is 0 Å². The molecule has 20 heavy (non-hydrogen) atoms. The highest BCUT2D eigenvalue weighted by Crippen LogP contribution is 2.33. The van der Waals surface area contributed by atoms with Crippen LogP contribution in [0.4, 0.5) is 4.79 Å². The largest absolute Gasteiger partial charge is 0.444 e. The summed E-state index contributed by atoms with van der Waals surface area (Å²) in [5, 5.41) is 12.0. The molecule has 1 saturated heterocycles. The molecule has 0 aromatic heterocycles. The monoisotopic (exact) mass is 304 g/mol. The standard InChI is InChI=1S/C10H12N2O7S/c13-9-11-6-7(19-9)5-10(12(14)15)4-2-1-3-8(10)20(16,17)18/h1-4,7-8H,5-6H2,(H,11,13)(H,16,17,18)/t7-,8?,10?/m1/s1. The highest BCUT2D eigenvalue weighted by molar-refractivity contribution is 7.86. The number of amides is 1.